The van der Waals surface area contributed by atoms with E-state index in [1.807, 2.05) is 14.1 Å². The van der Waals surface area contributed by atoms with Crippen molar-refractivity contribution in [3.05, 3.63) is 0 Å². The van der Waals surface area contributed by atoms with Crippen molar-refractivity contribution in [2.45, 2.75) is 0 Å². The zero-order valence-corrected chi connectivity index (χ0v) is 4.37. The molecule has 1 nitrogen and oxygen atoms in total. The van der Waals surface area contributed by atoms with Gasteiger partial charge in [0.25, 0.3) is 0 Å². The third-order valence-electron chi connectivity index (χ3n) is 0. The van der Waals surface area contributed by atoms with E-state index in [0.717, 1.165) is 0 Å². The Kier molecular flexibility index (Phi) is 20.9. The van der Waals surface area contributed by atoms with E-state index in [1.54, 1.807) is 0 Å². The zero-order valence-electron chi connectivity index (χ0n) is 2.82. The molecule has 0 fully saturated rings. The van der Waals surface area contributed by atoms with Gasteiger partial charge in [-0.05, 0) is 14.1 Å². The van der Waals surface area contributed by atoms with Gasteiger partial charge in [-0.3, -0.25) is 0 Å². The predicted octanol–water partition coefficient (Wildman–Crippen LogP) is -0.167. The number of rotatable bonds is 0. The van der Waals surface area contributed by atoms with Gasteiger partial charge in [-0.2, -0.15) is 0 Å². The average molecular weight is 152 g/mol. The van der Waals surface area contributed by atoms with Crippen LogP contribution in [0.1, 0.15) is 0 Å². The summed E-state index contributed by atoms with van der Waals surface area (Å²) in [7, 11) is 3.75. The minimum atomic E-state index is 0. The van der Waals surface area contributed by atoms with Crippen LogP contribution in [-0.2, 0) is 20.4 Å². The molecule has 2 heteroatoms. The minimum Gasteiger partial charge on any atom is -0.323 e. The van der Waals surface area contributed by atoms with Crippen molar-refractivity contribution in [2.24, 2.45) is 0 Å². The van der Waals surface area contributed by atoms with Crippen molar-refractivity contribution in [1.29, 1.82) is 0 Å². The van der Waals surface area contributed by atoms with Gasteiger partial charge in [0, 0.05) is 20.4 Å². The van der Waals surface area contributed by atoms with Crippen LogP contribution in [0.2, 0.25) is 0 Å². The second kappa shape index (κ2) is 9.46. The fourth-order valence-electron chi connectivity index (χ4n) is 0. The van der Waals surface area contributed by atoms with E-state index in [4.69, 9.17) is 0 Å². The summed E-state index contributed by atoms with van der Waals surface area (Å²) in [5.41, 5.74) is 0. The van der Waals surface area contributed by atoms with Gasteiger partial charge in [-0.25, -0.2) is 0 Å². The van der Waals surface area contributed by atoms with E-state index in [2.05, 4.69) is 5.32 Å². The summed E-state index contributed by atoms with van der Waals surface area (Å²) in [6, 6.07) is 0. The molecule has 0 bridgehead atoms. The molecule has 0 heterocycles. The first-order valence-corrected chi connectivity index (χ1v) is 1.00. The molecular formula is C2H7NPd. The molecule has 0 amide bonds. The van der Waals surface area contributed by atoms with Crippen LogP contribution in [0.25, 0.3) is 0 Å². The summed E-state index contributed by atoms with van der Waals surface area (Å²) in [6.45, 7) is 0. The molecule has 0 saturated carbocycles. The van der Waals surface area contributed by atoms with E-state index >= 15 is 0 Å². The molecule has 0 atom stereocenters. The third-order valence-corrected chi connectivity index (χ3v) is 0. The summed E-state index contributed by atoms with van der Waals surface area (Å²) in [6.07, 6.45) is 0. The van der Waals surface area contributed by atoms with E-state index in [1.165, 1.54) is 0 Å². The van der Waals surface area contributed by atoms with Crippen LogP contribution in [0, 0.1) is 0 Å². The molecule has 0 rings (SSSR count). The smallest absolute Gasteiger partial charge is 0 e. The van der Waals surface area contributed by atoms with Crippen molar-refractivity contribution >= 4 is 0 Å². The molecule has 1 N–H and O–H groups in total. The number of hydrogen-bond acceptors (Lipinski definition) is 1. The summed E-state index contributed by atoms with van der Waals surface area (Å²) in [4.78, 5) is 0. The van der Waals surface area contributed by atoms with Crippen LogP contribution < -0.4 is 5.32 Å². The molecule has 0 aliphatic carbocycles. The third kappa shape index (κ3) is 17.8. The van der Waals surface area contributed by atoms with Gasteiger partial charge in [0.15, 0.2) is 0 Å². The van der Waals surface area contributed by atoms with E-state index in [0.29, 0.717) is 0 Å². The van der Waals surface area contributed by atoms with E-state index in [9.17, 15) is 0 Å². The van der Waals surface area contributed by atoms with Gasteiger partial charge in [0.1, 0.15) is 0 Å². The van der Waals surface area contributed by atoms with E-state index in [-0.39, 0.29) is 20.4 Å². The molecule has 0 saturated heterocycles. The SMILES string of the molecule is CNC.[Pd]. The van der Waals surface area contributed by atoms with Gasteiger partial charge < -0.3 is 5.32 Å². The van der Waals surface area contributed by atoms with Crippen LogP contribution in [0.4, 0.5) is 0 Å². The largest absolute Gasteiger partial charge is 0.323 e. The van der Waals surface area contributed by atoms with Gasteiger partial charge in [0.05, 0.1) is 0 Å². The Balaban J connectivity index is 0. The van der Waals surface area contributed by atoms with Crippen molar-refractivity contribution in [2.75, 3.05) is 14.1 Å². The average Bonchev–Trinajstić information content (AvgIpc) is 0.918. The van der Waals surface area contributed by atoms with Crippen molar-refractivity contribution < 1.29 is 20.4 Å². The molecule has 4 heavy (non-hydrogen) atoms. The summed E-state index contributed by atoms with van der Waals surface area (Å²) >= 11 is 0. The normalized spacial score (nSPS) is 4.50. The topological polar surface area (TPSA) is 12.0 Å². The molecule has 0 aromatic rings. The molecule has 0 aromatic carbocycles. The maximum atomic E-state index is 2.75. The predicted molar refractivity (Wildman–Crippen MR) is 15.0 cm³/mol. The molecular weight excluding hydrogens is 144 g/mol. The molecule has 0 spiro atoms. The fourth-order valence-corrected chi connectivity index (χ4v) is 0. The molecule has 0 aliphatic rings. The van der Waals surface area contributed by atoms with Gasteiger partial charge >= 0.3 is 0 Å². The Labute approximate surface area is 40.4 Å². The Hall–Kier alpha value is 0.622. The van der Waals surface area contributed by atoms with Gasteiger partial charge in [-0.1, -0.05) is 0 Å². The van der Waals surface area contributed by atoms with Crippen molar-refractivity contribution in [3.8, 4) is 0 Å². The molecule has 30 valence electrons. The van der Waals surface area contributed by atoms with Crippen molar-refractivity contribution in [1.82, 2.24) is 5.32 Å². The van der Waals surface area contributed by atoms with Crippen LogP contribution in [0.3, 0.4) is 0 Å². The fraction of sp³-hybridized carbons (Fsp3) is 1.00. The van der Waals surface area contributed by atoms with Crippen LogP contribution in [0.5, 0.6) is 0 Å². The van der Waals surface area contributed by atoms with Crippen LogP contribution in [0.15, 0.2) is 0 Å². The zero-order chi connectivity index (χ0) is 2.71. The summed E-state index contributed by atoms with van der Waals surface area (Å²) in [5, 5.41) is 2.75. The second-order valence-electron chi connectivity index (χ2n) is 0.500. The summed E-state index contributed by atoms with van der Waals surface area (Å²) in [5.74, 6) is 0. The molecule has 0 aromatic heterocycles. The molecule has 0 aliphatic heterocycles. The molecule has 0 unspecified atom stereocenters. The van der Waals surface area contributed by atoms with Gasteiger partial charge in [-0.15, -0.1) is 0 Å². The Morgan fingerprint density at radius 3 is 1.25 bits per heavy atom. The van der Waals surface area contributed by atoms with Gasteiger partial charge in [0.2, 0.25) is 0 Å². The quantitative estimate of drug-likeness (QED) is 0.474. The Bertz CT molecular complexity index is 6.00. The molecule has 0 radical (unpaired) electrons. The first-order valence-electron chi connectivity index (χ1n) is 1.00. The monoisotopic (exact) mass is 151 g/mol. The van der Waals surface area contributed by atoms with Crippen molar-refractivity contribution in [3.63, 3.8) is 0 Å². The van der Waals surface area contributed by atoms with Crippen LogP contribution >= 0.6 is 0 Å². The van der Waals surface area contributed by atoms with E-state index < -0.39 is 0 Å². The second-order valence-corrected chi connectivity index (χ2v) is 0.500. The Morgan fingerprint density at radius 1 is 1.25 bits per heavy atom. The first kappa shape index (κ1) is 8.82. The maximum Gasteiger partial charge on any atom is 0 e. The standard InChI is InChI=1S/C2H7N.Pd/c1-3-2;/h3H,1-2H3;. The first-order chi connectivity index (χ1) is 1.41. The maximum absolute atomic E-state index is 2.75. The Morgan fingerprint density at radius 2 is 1.25 bits per heavy atom. The number of hydrogen-bond donors (Lipinski definition) is 1. The number of nitrogens with one attached hydrogen (secondary N) is 1. The summed E-state index contributed by atoms with van der Waals surface area (Å²) < 4.78 is 0. The van der Waals surface area contributed by atoms with Crippen LogP contribution in [-0.4, -0.2) is 14.1 Å². The minimum absolute atomic E-state index is 0.